The molecule has 2 aromatic rings. The summed E-state index contributed by atoms with van der Waals surface area (Å²) in [5, 5.41) is 0.470. The first-order valence-corrected chi connectivity index (χ1v) is 6.01. The molecule has 2 rings (SSSR count). The van der Waals surface area contributed by atoms with Crippen molar-refractivity contribution >= 4 is 24.0 Å². The Hall–Kier alpha value is -1.62. The van der Waals surface area contributed by atoms with E-state index in [0.717, 1.165) is 6.07 Å². The van der Waals surface area contributed by atoms with Gasteiger partial charge in [0.2, 0.25) is 0 Å². The summed E-state index contributed by atoms with van der Waals surface area (Å²) in [6.07, 6.45) is 0. The number of hydrogen-bond acceptors (Lipinski definition) is 1. The molecular weight excluding hydrogens is 275 g/mol. The van der Waals surface area contributed by atoms with Gasteiger partial charge >= 0.3 is 6.98 Å². The highest BCUT2D eigenvalue weighted by molar-refractivity contribution is 6.74. The highest BCUT2D eigenvalue weighted by Gasteiger charge is 2.28. The molecule has 0 aliphatic heterocycles. The smallest absolute Gasteiger partial charge is 0.492 e. The van der Waals surface area contributed by atoms with Gasteiger partial charge in [-0.1, -0.05) is 53.5 Å². The van der Waals surface area contributed by atoms with Crippen molar-refractivity contribution in [1.82, 2.24) is 0 Å². The Labute approximate surface area is 114 Å². The second kappa shape index (κ2) is 5.57. The third kappa shape index (κ3) is 3.44. The van der Waals surface area contributed by atoms with Crippen LogP contribution in [0.4, 0.5) is 12.9 Å². The summed E-state index contributed by atoms with van der Waals surface area (Å²) >= 11 is 5.92. The Kier molecular flexibility index (Phi) is 4.05. The molecule has 0 saturated heterocycles. The van der Waals surface area contributed by atoms with Crippen LogP contribution in [0.2, 0.25) is 5.02 Å². The third-order valence-corrected chi connectivity index (χ3v) is 2.98. The fraction of sp³-hybridized carbons (Fsp3) is 0.0769. The van der Waals surface area contributed by atoms with Crippen LogP contribution >= 0.6 is 11.6 Å². The van der Waals surface area contributed by atoms with Crippen molar-refractivity contribution in [2.75, 3.05) is 0 Å². The van der Waals surface area contributed by atoms with Gasteiger partial charge in [-0.3, -0.25) is 0 Å². The molecule has 0 heterocycles. The molecule has 0 radical (unpaired) electrons. The van der Waals surface area contributed by atoms with E-state index in [2.05, 4.69) is 0 Å². The van der Waals surface area contributed by atoms with Gasteiger partial charge in [-0.2, -0.15) is 0 Å². The minimum Gasteiger partial charge on any atom is -0.492 e. The number of halogens is 4. The van der Waals surface area contributed by atoms with Crippen LogP contribution in [0, 0.1) is 0 Å². The minimum atomic E-state index is -5.09. The maximum Gasteiger partial charge on any atom is 0.513 e. The molecule has 19 heavy (non-hydrogen) atoms. The maximum absolute atomic E-state index is 12.8. The highest BCUT2D eigenvalue weighted by atomic mass is 35.5. The molecule has 0 N–H and O–H groups in total. The van der Waals surface area contributed by atoms with Crippen LogP contribution in [0.5, 0.6) is 5.75 Å². The summed E-state index contributed by atoms with van der Waals surface area (Å²) in [5.74, 6) is -0.171. The number of benzene rings is 2. The van der Waals surface area contributed by atoms with Crippen molar-refractivity contribution in [1.29, 1.82) is 0 Å². The molecule has 0 atom stereocenters. The van der Waals surface area contributed by atoms with Crippen LogP contribution in [0.1, 0.15) is 5.56 Å². The topological polar surface area (TPSA) is 9.23 Å². The summed E-state index contributed by atoms with van der Waals surface area (Å²) in [6, 6.07) is 12.1. The Morgan fingerprint density at radius 3 is 2.26 bits per heavy atom. The first kappa shape index (κ1) is 13.8. The normalized spacial score (nSPS) is 11.4. The van der Waals surface area contributed by atoms with Gasteiger partial charge in [0.15, 0.2) is 0 Å². The van der Waals surface area contributed by atoms with E-state index in [1.54, 1.807) is 24.3 Å². The first-order valence-electron chi connectivity index (χ1n) is 5.63. The van der Waals surface area contributed by atoms with E-state index in [9.17, 15) is 12.9 Å². The monoisotopic (exact) mass is 285 g/mol. The number of rotatable bonds is 4. The van der Waals surface area contributed by atoms with Crippen LogP contribution < -0.4 is 10.2 Å². The van der Waals surface area contributed by atoms with E-state index >= 15 is 0 Å². The largest absolute Gasteiger partial charge is 0.513 e. The molecule has 0 amide bonds. The van der Waals surface area contributed by atoms with E-state index in [0.29, 0.717) is 10.6 Å². The van der Waals surface area contributed by atoms with Gasteiger partial charge in [0, 0.05) is 10.6 Å². The highest BCUT2D eigenvalue weighted by Crippen LogP contribution is 2.20. The molecule has 0 spiro atoms. The molecule has 0 aliphatic carbocycles. The number of para-hydroxylation sites is 1. The number of hydrogen-bond donors (Lipinski definition) is 0. The second-order valence-electron chi connectivity index (χ2n) is 3.99. The van der Waals surface area contributed by atoms with Crippen LogP contribution in [0.25, 0.3) is 0 Å². The molecule has 0 saturated carbocycles. The Morgan fingerprint density at radius 1 is 0.947 bits per heavy atom. The van der Waals surface area contributed by atoms with Gasteiger partial charge in [-0.15, -0.1) is 0 Å². The van der Waals surface area contributed by atoms with Crippen LogP contribution in [0.3, 0.4) is 0 Å². The van der Waals surface area contributed by atoms with E-state index in [4.69, 9.17) is 16.3 Å². The van der Waals surface area contributed by atoms with E-state index in [1.165, 1.54) is 18.2 Å². The molecular formula is C13H10BClF3O-. The lowest BCUT2D eigenvalue weighted by Crippen LogP contribution is -2.35. The SMILES string of the molecule is F[B-](F)(F)c1ccccc1OCc1ccccc1Cl. The molecule has 0 unspecified atom stereocenters. The van der Waals surface area contributed by atoms with E-state index < -0.39 is 12.4 Å². The van der Waals surface area contributed by atoms with Gasteiger partial charge < -0.3 is 17.7 Å². The fourth-order valence-corrected chi connectivity index (χ4v) is 1.84. The summed E-state index contributed by atoms with van der Waals surface area (Å²) in [7, 11) is 0. The molecule has 1 nitrogen and oxygen atoms in total. The average molecular weight is 285 g/mol. The zero-order chi connectivity index (χ0) is 13.9. The Bertz CT molecular complexity index is 572. The Morgan fingerprint density at radius 2 is 1.58 bits per heavy atom. The predicted molar refractivity (Wildman–Crippen MR) is 70.9 cm³/mol. The third-order valence-electron chi connectivity index (χ3n) is 2.61. The van der Waals surface area contributed by atoms with Crippen molar-refractivity contribution in [2.24, 2.45) is 0 Å². The van der Waals surface area contributed by atoms with Gasteiger partial charge in [-0.05, 0) is 12.1 Å². The first-order chi connectivity index (χ1) is 8.98. The second-order valence-corrected chi connectivity index (χ2v) is 4.40. The summed E-state index contributed by atoms with van der Waals surface area (Å²) < 4.78 is 43.7. The Balaban J connectivity index is 2.19. The van der Waals surface area contributed by atoms with Gasteiger partial charge in [0.1, 0.15) is 6.61 Å². The summed E-state index contributed by atoms with van der Waals surface area (Å²) in [5.41, 5.74) is -0.0804. The molecule has 2 aromatic carbocycles. The van der Waals surface area contributed by atoms with Gasteiger partial charge in [0.05, 0.1) is 5.75 Å². The average Bonchev–Trinajstić information content (AvgIpc) is 2.37. The standard InChI is InChI=1S/C13H10BClF3O/c15-12-7-3-1-5-10(12)9-19-13-8-4-2-6-11(13)14(16,17)18/h1-8H,9H2/q-1. The fourth-order valence-electron chi connectivity index (χ4n) is 1.65. The molecule has 0 aromatic heterocycles. The molecule has 100 valence electrons. The zero-order valence-electron chi connectivity index (χ0n) is 9.82. The van der Waals surface area contributed by atoms with Crippen molar-refractivity contribution in [3.63, 3.8) is 0 Å². The summed E-state index contributed by atoms with van der Waals surface area (Å²) in [4.78, 5) is 0. The van der Waals surface area contributed by atoms with Gasteiger partial charge in [0.25, 0.3) is 0 Å². The minimum absolute atomic E-state index is 0.00282. The van der Waals surface area contributed by atoms with Crippen LogP contribution in [0.15, 0.2) is 48.5 Å². The maximum atomic E-state index is 12.8. The van der Waals surface area contributed by atoms with E-state index in [-0.39, 0.29) is 12.4 Å². The number of ether oxygens (including phenoxy) is 1. The molecule has 6 heteroatoms. The quantitative estimate of drug-likeness (QED) is 0.772. The molecule has 0 bridgehead atoms. The van der Waals surface area contributed by atoms with Gasteiger partial charge in [-0.25, -0.2) is 0 Å². The molecule has 0 aliphatic rings. The van der Waals surface area contributed by atoms with Crippen LogP contribution in [-0.2, 0) is 6.61 Å². The van der Waals surface area contributed by atoms with Crippen LogP contribution in [-0.4, -0.2) is 6.98 Å². The zero-order valence-corrected chi connectivity index (χ0v) is 10.6. The lowest BCUT2D eigenvalue weighted by molar-refractivity contribution is 0.307. The summed E-state index contributed by atoms with van der Waals surface area (Å²) in [6.45, 7) is -5.09. The lowest BCUT2D eigenvalue weighted by atomic mass is 9.79. The van der Waals surface area contributed by atoms with Crippen molar-refractivity contribution in [3.8, 4) is 5.75 Å². The lowest BCUT2D eigenvalue weighted by Gasteiger charge is -2.19. The predicted octanol–water partition coefficient (Wildman–Crippen LogP) is 3.97. The van der Waals surface area contributed by atoms with E-state index in [1.807, 2.05) is 0 Å². The van der Waals surface area contributed by atoms with Crippen molar-refractivity contribution in [2.45, 2.75) is 6.61 Å². The van der Waals surface area contributed by atoms with Crippen molar-refractivity contribution in [3.05, 3.63) is 59.1 Å². The van der Waals surface area contributed by atoms with Crippen molar-refractivity contribution < 1.29 is 17.7 Å². The molecule has 0 fully saturated rings.